The van der Waals surface area contributed by atoms with Gasteiger partial charge in [0.2, 0.25) is 0 Å². The van der Waals surface area contributed by atoms with Crippen LogP contribution in [0.4, 0.5) is 0 Å². The minimum atomic E-state index is 0.243. The van der Waals surface area contributed by atoms with Gasteiger partial charge >= 0.3 is 0 Å². The molecule has 0 saturated heterocycles. The molecule has 3 aromatic carbocycles. The minimum Gasteiger partial charge on any atom is -0.508 e. The first kappa shape index (κ1) is 17.6. The molecule has 1 aliphatic rings. The molecule has 0 radical (unpaired) electrons. The Hall–Kier alpha value is -3.53. The lowest BCUT2D eigenvalue weighted by Gasteiger charge is -2.28. The van der Waals surface area contributed by atoms with E-state index in [1.54, 1.807) is 24.3 Å². The Morgan fingerprint density at radius 2 is 1.28 bits per heavy atom. The zero-order valence-corrected chi connectivity index (χ0v) is 16.0. The molecule has 1 aromatic heterocycles. The van der Waals surface area contributed by atoms with Crippen molar-refractivity contribution in [2.45, 2.75) is 25.3 Å². The highest BCUT2D eigenvalue weighted by Gasteiger charge is 2.29. The summed E-state index contributed by atoms with van der Waals surface area (Å²) in [5.74, 6) is 0.496. The van der Waals surface area contributed by atoms with Gasteiger partial charge in [-0.2, -0.15) is 5.10 Å². The first-order chi connectivity index (χ1) is 14.2. The third-order valence-electron chi connectivity index (χ3n) is 5.67. The Kier molecular flexibility index (Phi) is 4.32. The van der Waals surface area contributed by atoms with E-state index in [-0.39, 0.29) is 11.5 Å². The lowest BCUT2D eigenvalue weighted by Crippen LogP contribution is -2.19. The maximum absolute atomic E-state index is 9.79. The third-order valence-corrected chi connectivity index (χ3v) is 5.67. The molecule has 0 spiro atoms. The van der Waals surface area contributed by atoms with Crippen LogP contribution in [-0.2, 0) is 0 Å². The van der Waals surface area contributed by atoms with Crippen LogP contribution in [0.25, 0.3) is 33.6 Å². The summed E-state index contributed by atoms with van der Waals surface area (Å²) >= 11 is 0. The number of phenols is 2. The topological polar surface area (TPSA) is 58.3 Å². The van der Waals surface area contributed by atoms with Crippen LogP contribution in [0.1, 0.15) is 25.3 Å². The standard InChI is InChI=1S/C25H22N2O2/c28-21-13-9-18(10-14-21)24-23(17-5-2-1-3-6-17)25(19-11-15-22(29)16-12-19)27(26-24)20-7-4-8-20/h1-3,5-6,9-16,20,28-29H,4,7-8H2. The Balaban J connectivity index is 1.81. The van der Waals surface area contributed by atoms with E-state index in [1.807, 2.05) is 42.5 Å². The summed E-state index contributed by atoms with van der Waals surface area (Å²) in [6.07, 6.45) is 3.46. The largest absolute Gasteiger partial charge is 0.508 e. The van der Waals surface area contributed by atoms with Gasteiger partial charge in [-0.1, -0.05) is 30.3 Å². The maximum Gasteiger partial charge on any atom is 0.115 e. The smallest absolute Gasteiger partial charge is 0.115 e. The predicted molar refractivity (Wildman–Crippen MR) is 115 cm³/mol. The summed E-state index contributed by atoms with van der Waals surface area (Å²) in [7, 11) is 0. The quantitative estimate of drug-likeness (QED) is 0.454. The summed E-state index contributed by atoms with van der Waals surface area (Å²) in [6, 6.07) is 25.3. The molecule has 0 aliphatic heterocycles. The second kappa shape index (κ2) is 7.13. The Morgan fingerprint density at radius 3 is 1.83 bits per heavy atom. The average molecular weight is 382 g/mol. The van der Waals surface area contributed by atoms with Crippen LogP contribution in [0.15, 0.2) is 78.9 Å². The predicted octanol–water partition coefficient (Wildman–Crippen LogP) is 6.02. The summed E-state index contributed by atoms with van der Waals surface area (Å²) in [6.45, 7) is 0. The molecule has 1 saturated carbocycles. The van der Waals surface area contributed by atoms with Gasteiger partial charge in [0.25, 0.3) is 0 Å². The van der Waals surface area contributed by atoms with Gasteiger partial charge in [0.1, 0.15) is 17.2 Å². The number of hydrogen-bond donors (Lipinski definition) is 2. The van der Waals surface area contributed by atoms with Gasteiger partial charge < -0.3 is 10.2 Å². The first-order valence-electron chi connectivity index (χ1n) is 9.97. The average Bonchev–Trinajstić information content (AvgIpc) is 3.08. The number of rotatable bonds is 4. The van der Waals surface area contributed by atoms with E-state index in [0.29, 0.717) is 6.04 Å². The molecule has 144 valence electrons. The van der Waals surface area contributed by atoms with Gasteiger partial charge in [-0.05, 0) is 73.4 Å². The van der Waals surface area contributed by atoms with Crippen molar-refractivity contribution in [3.05, 3.63) is 78.9 Å². The highest BCUT2D eigenvalue weighted by atomic mass is 16.3. The van der Waals surface area contributed by atoms with Crippen LogP contribution in [-0.4, -0.2) is 20.0 Å². The van der Waals surface area contributed by atoms with Gasteiger partial charge in [0, 0.05) is 16.7 Å². The lowest BCUT2D eigenvalue weighted by molar-refractivity contribution is 0.293. The van der Waals surface area contributed by atoms with Gasteiger partial charge in [-0.3, -0.25) is 4.68 Å². The van der Waals surface area contributed by atoms with Crippen LogP contribution in [0.3, 0.4) is 0 Å². The molecular formula is C25H22N2O2. The molecule has 4 nitrogen and oxygen atoms in total. The number of aromatic nitrogens is 2. The molecule has 29 heavy (non-hydrogen) atoms. The number of hydrogen-bond acceptors (Lipinski definition) is 3. The van der Waals surface area contributed by atoms with E-state index in [9.17, 15) is 10.2 Å². The van der Waals surface area contributed by atoms with E-state index in [0.717, 1.165) is 46.5 Å². The molecule has 2 N–H and O–H groups in total. The van der Waals surface area contributed by atoms with Crippen LogP contribution < -0.4 is 0 Å². The third kappa shape index (κ3) is 3.17. The molecule has 1 heterocycles. The van der Waals surface area contributed by atoms with Gasteiger partial charge in [0.15, 0.2) is 0 Å². The van der Waals surface area contributed by atoms with Crippen molar-refractivity contribution < 1.29 is 10.2 Å². The van der Waals surface area contributed by atoms with Gasteiger partial charge in [0.05, 0.1) is 11.7 Å². The van der Waals surface area contributed by atoms with Crippen molar-refractivity contribution in [2.24, 2.45) is 0 Å². The summed E-state index contributed by atoms with van der Waals surface area (Å²) in [5, 5.41) is 24.6. The molecule has 4 heteroatoms. The van der Waals surface area contributed by atoms with E-state index >= 15 is 0 Å². The molecule has 0 amide bonds. The molecule has 0 atom stereocenters. The molecule has 0 unspecified atom stereocenters. The fourth-order valence-corrected chi connectivity index (χ4v) is 3.93. The fraction of sp³-hybridized carbons (Fsp3) is 0.160. The van der Waals surface area contributed by atoms with Gasteiger partial charge in [-0.25, -0.2) is 0 Å². The molecule has 0 bridgehead atoms. The van der Waals surface area contributed by atoms with Crippen molar-refractivity contribution in [2.75, 3.05) is 0 Å². The molecule has 5 rings (SSSR count). The molecule has 1 fully saturated rings. The summed E-state index contributed by atoms with van der Waals surface area (Å²) in [4.78, 5) is 0. The van der Waals surface area contributed by atoms with Crippen LogP contribution >= 0.6 is 0 Å². The van der Waals surface area contributed by atoms with Crippen LogP contribution in [0, 0.1) is 0 Å². The van der Waals surface area contributed by atoms with Crippen molar-refractivity contribution in [3.8, 4) is 45.1 Å². The minimum absolute atomic E-state index is 0.243. The second-order valence-electron chi connectivity index (χ2n) is 7.56. The highest BCUT2D eigenvalue weighted by Crippen LogP contribution is 2.44. The van der Waals surface area contributed by atoms with Crippen LogP contribution in [0.5, 0.6) is 11.5 Å². The number of aromatic hydroxyl groups is 2. The van der Waals surface area contributed by atoms with E-state index in [1.165, 1.54) is 6.42 Å². The van der Waals surface area contributed by atoms with Crippen LogP contribution in [0.2, 0.25) is 0 Å². The van der Waals surface area contributed by atoms with E-state index in [2.05, 4.69) is 16.8 Å². The number of nitrogens with zero attached hydrogens (tertiary/aromatic N) is 2. The zero-order valence-electron chi connectivity index (χ0n) is 16.0. The SMILES string of the molecule is Oc1ccc(-c2nn(C3CCC3)c(-c3ccc(O)cc3)c2-c2ccccc2)cc1. The number of benzene rings is 3. The first-order valence-corrected chi connectivity index (χ1v) is 9.97. The van der Waals surface area contributed by atoms with E-state index in [4.69, 9.17) is 5.10 Å². The number of phenolic OH excluding ortho intramolecular Hbond substituents is 2. The highest BCUT2D eigenvalue weighted by molar-refractivity contribution is 5.92. The second-order valence-corrected chi connectivity index (χ2v) is 7.56. The van der Waals surface area contributed by atoms with Crippen molar-refractivity contribution in [1.29, 1.82) is 0 Å². The summed E-state index contributed by atoms with van der Waals surface area (Å²) < 4.78 is 2.17. The fourth-order valence-electron chi connectivity index (χ4n) is 3.93. The van der Waals surface area contributed by atoms with Crippen molar-refractivity contribution >= 4 is 0 Å². The monoisotopic (exact) mass is 382 g/mol. The lowest BCUT2D eigenvalue weighted by atomic mass is 9.91. The zero-order chi connectivity index (χ0) is 19.8. The maximum atomic E-state index is 9.79. The normalized spacial score (nSPS) is 13.9. The van der Waals surface area contributed by atoms with Gasteiger partial charge in [-0.15, -0.1) is 0 Å². The molecule has 1 aliphatic carbocycles. The molecular weight excluding hydrogens is 360 g/mol. The van der Waals surface area contributed by atoms with Crippen molar-refractivity contribution in [1.82, 2.24) is 9.78 Å². The van der Waals surface area contributed by atoms with Crippen molar-refractivity contribution in [3.63, 3.8) is 0 Å². The Morgan fingerprint density at radius 1 is 0.690 bits per heavy atom. The van der Waals surface area contributed by atoms with E-state index < -0.39 is 0 Å². The summed E-state index contributed by atoms with van der Waals surface area (Å²) in [5.41, 5.74) is 6.17. The molecule has 4 aromatic rings. The Labute approximate surface area is 169 Å². The Bertz CT molecular complexity index is 1130.